The number of carboxylic acids is 1. The predicted octanol–water partition coefficient (Wildman–Crippen LogP) is 2.04. The van der Waals surface area contributed by atoms with E-state index in [0.717, 1.165) is 36.0 Å². The summed E-state index contributed by atoms with van der Waals surface area (Å²) in [5.41, 5.74) is 1.12. The second-order valence-electron chi connectivity index (χ2n) is 6.63. The highest BCUT2D eigenvalue weighted by molar-refractivity contribution is 5.97. The van der Waals surface area contributed by atoms with Crippen LogP contribution in [0.1, 0.15) is 48.2 Å². The number of carbonyl (C=O) groups is 2. The van der Waals surface area contributed by atoms with Gasteiger partial charge in [0.25, 0.3) is 5.91 Å². The third-order valence-electron chi connectivity index (χ3n) is 4.98. The van der Waals surface area contributed by atoms with E-state index in [2.05, 4.69) is 15.4 Å². The van der Waals surface area contributed by atoms with Crippen LogP contribution in [0.15, 0.2) is 12.3 Å². The van der Waals surface area contributed by atoms with Gasteiger partial charge in [-0.3, -0.25) is 14.3 Å². The molecule has 1 aliphatic rings. The zero-order chi connectivity index (χ0) is 17.3. The maximum absolute atomic E-state index is 12.4. The molecule has 128 valence electrons. The van der Waals surface area contributed by atoms with Crippen LogP contribution in [0.25, 0.3) is 11.0 Å². The Kier molecular flexibility index (Phi) is 4.26. The molecule has 2 aromatic rings. The zero-order valence-corrected chi connectivity index (χ0v) is 14.0. The number of hydrogen-bond acceptors (Lipinski definition) is 4. The predicted molar refractivity (Wildman–Crippen MR) is 88.7 cm³/mol. The summed E-state index contributed by atoms with van der Waals surface area (Å²) in [6, 6.07) is 1.76. The standard InChI is InChI=1S/C17H22N4O3/c1-11-13-8-12(9-18-14(13)21(2)20-11)15(22)19-10-17(16(23)24)6-4-3-5-7-17/h8-9H,3-7,10H2,1-2H3,(H,19,22)(H,23,24). The second-order valence-corrected chi connectivity index (χ2v) is 6.63. The molecule has 2 N–H and O–H groups in total. The van der Waals surface area contributed by atoms with Crippen LogP contribution < -0.4 is 5.32 Å². The molecule has 1 aliphatic carbocycles. The molecule has 0 radical (unpaired) electrons. The molecule has 7 heteroatoms. The molecule has 0 aliphatic heterocycles. The molecule has 0 aromatic carbocycles. The van der Waals surface area contributed by atoms with Gasteiger partial charge in [0.2, 0.25) is 0 Å². The number of carboxylic acid groups (broad SMARTS) is 1. The first kappa shape index (κ1) is 16.4. The molecular weight excluding hydrogens is 308 g/mol. The van der Waals surface area contributed by atoms with Gasteiger partial charge < -0.3 is 10.4 Å². The quantitative estimate of drug-likeness (QED) is 0.894. The minimum absolute atomic E-state index is 0.158. The van der Waals surface area contributed by atoms with Crippen LogP contribution in [-0.2, 0) is 11.8 Å². The molecule has 1 amide bonds. The van der Waals surface area contributed by atoms with Gasteiger partial charge in [-0.2, -0.15) is 5.10 Å². The van der Waals surface area contributed by atoms with Gasteiger partial charge in [-0.05, 0) is 25.8 Å². The highest BCUT2D eigenvalue weighted by Gasteiger charge is 2.39. The fourth-order valence-corrected chi connectivity index (χ4v) is 3.48. The summed E-state index contributed by atoms with van der Waals surface area (Å²) in [6.45, 7) is 2.03. The van der Waals surface area contributed by atoms with E-state index in [-0.39, 0.29) is 12.5 Å². The van der Waals surface area contributed by atoms with Crippen molar-refractivity contribution in [3.8, 4) is 0 Å². The monoisotopic (exact) mass is 330 g/mol. The van der Waals surface area contributed by atoms with Gasteiger partial charge in [0.05, 0.1) is 16.7 Å². The van der Waals surface area contributed by atoms with Gasteiger partial charge in [0, 0.05) is 25.2 Å². The van der Waals surface area contributed by atoms with Crippen molar-refractivity contribution in [1.29, 1.82) is 0 Å². The normalized spacial score (nSPS) is 16.9. The van der Waals surface area contributed by atoms with Crippen LogP contribution in [0, 0.1) is 12.3 Å². The van der Waals surface area contributed by atoms with Gasteiger partial charge in [-0.1, -0.05) is 19.3 Å². The molecule has 0 saturated heterocycles. The van der Waals surface area contributed by atoms with E-state index in [9.17, 15) is 14.7 Å². The average molecular weight is 330 g/mol. The Morgan fingerprint density at radius 3 is 2.71 bits per heavy atom. The number of rotatable bonds is 4. The van der Waals surface area contributed by atoms with Crippen molar-refractivity contribution in [1.82, 2.24) is 20.1 Å². The third kappa shape index (κ3) is 2.86. The fraction of sp³-hybridized carbons (Fsp3) is 0.529. The lowest BCUT2D eigenvalue weighted by Gasteiger charge is -2.33. The molecular formula is C17H22N4O3. The molecule has 2 heterocycles. The summed E-state index contributed by atoms with van der Waals surface area (Å²) in [7, 11) is 1.81. The van der Waals surface area contributed by atoms with Crippen LogP contribution in [0.5, 0.6) is 0 Å². The fourth-order valence-electron chi connectivity index (χ4n) is 3.48. The van der Waals surface area contributed by atoms with Crippen molar-refractivity contribution >= 4 is 22.9 Å². The first-order valence-corrected chi connectivity index (χ1v) is 8.24. The van der Waals surface area contributed by atoms with E-state index >= 15 is 0 Å². The molecule has 1 fully saturated rings. The average Bonchev–Trinajstić information content (AvgIpc) is 2.87. The maximum atomic E-state index is 12.4. The molecule has 0 unspecified atom stereocenters. The molecule has 1 saturated carbocycles. The lowest BCUT2D eigenvalue weighted by molar-refractivity contribution is -0.150. The number of pyridine rings is 1. The van der Waals surface area contributed by atoms with E-state index in [4.69, 9.17) is 0 Å². The van der Waals surface area contributed by atoms with Crippen molar-refractivity contribution in [3.05, 3.63) is 23.5 Å². The van der Waals surface area contributed by atoms with E-state index in [1.54, 1.807) is 10.7 Å². The topological polar surface area (TPSA) is 97.1 Å². The zero-order valence-electron chi connectivity index (χ0n) is 14.0. The Labute approximate surface area is 140 Å². The second kappa shape index (κ2) is 6.22. The number of aliphatic carboxylic acids is 1. The van der Waals surface area contributed by atoms with E-state index in [1.165, 1.54) is 6.20 Å². The molecule has 0 bridgehead atoms. The number of aryl methyl sites for hydroxylation is 2. The third-order valence-corrected chi connectivity index (χ3v) is 4.98. The summed E-state index contributed by atoms with van der Waals surface area (Å²) < 4.78 is 1.67. The minimum Gasteiger partial charge on any atom is -0.481 e. The molecule has 3 rings (SSSR count). The van der Waals surface area contributed by atoms with Crippen LogP contribution in [0.4, 0.5) is 0 Å². The first-order valence-electron chi connectivity index (χ1n) is 8.24. The van der Waals surface area contributed by atoms with E-state index < -0.39 is 11.4 Å². The smallest absolute Gasteiger partial charge is 0.311 e. The largest absolute Gasteiger partial charge is 0.481 e. The highest BCUT2D eigenvalue weighted by Crippen LogP contribution is 2.36. The SMILES string of the molecule is Cc1nn(C)c2ncc(C(=O)NCC3(C(=O)O)CCCCC3)cc12. The Hall–Kier alpha value is -2.44. The number of amides is 1. The number of nitrogens with one attached hydrogen (secondary N) is 1. The lowest BCUT2D eigenvalue weighted by atomic mass is 9.74. The first-order chi connectivity index (χ1) is 11.4. The molecule has 0 atom stereocenters. The van der Waals surface area contributed by atoms with Crippen LogP contribution >= 0.6 is 0 Å². The number of nitrogens with zero attached hydrogens (tertiary/aromatic N) is 3. The maximum Gasteiger partial charge on any atom is 0.311 e. The number of carbonyl (C=O) groups excluding carboxylic acids is 1. The van der Waals surface area contributed by atoms with Crippen molar-refractivity contribution in [2.75, 3.05) is 6.54 Å². The van der Waals surface area contributed by atoms with E-state index in [1.807, 2.05) is 14.0 Å². The molecule has 0 spiro atoms. The van der Waals surface area contributed by atoms with Crippen molar-refractivity contribution in [2.45, 2.75) is 39.0 Å². The van der Waals surface area contributed by atoms with E-state index in [0.29, 0.717) is 18.4 Å². The van der Waals surface area contributed by atoms with Crippen molar-refractivity contribution in [2.24, 2.45) is 12.5 Å². The molecule has 7 nitrogen and oxygen atoms in total. The Balaban J connectivity index is 1.77. The number of aromatic nitrogens is 3. The summed E-state index contributed by atoms with van der Waals surface area (Å²) in [5.74, 6) is -1.11. The number of hydrogen-bond donors (Lipinski definition) is 2. The molecule has 2 aromatic heterocycles. The Bertz CT molecular complexity index is 790. The Morgan fingerprint density at radius 2 is 2.04 bits per heavy atom. The Morgan fingerprint density at radius 1 is 1.33 bits per heavy atom. The van der Waals surface area contributed by atoms with Gasteiger partial charge in [0.15, 0.2) is 5.65 Å². The summed E-state index contributed by atoms with van der Waals surface area (Å²) in [6.07, 6.45) is 5.58. The van der Waals surface area contributed by atoms with Crippen LogP contribution in [0.3, 0.4) is 0 Å². The van der Waals surface area contributed by atoms with Crippen molar-refractivity contribution in [3.63, 3.8) is 0 Å². The highest BCUT2D eigenvalue weighted by atomic mass is 16.4. The summed E-state index contributed by atoms with van der Waals surface area (Å²) in [4.78, 5) is 28.4. The summed E-state index contributed by atoms with van der Waals surface area (Å²) in [5, 5.41) is 17.5. The van der Waals surface area contributed by atoms with Gasteiger partial charge in [-0.25, -0.2) is 4.98 Å². The lowest BCUT2D eigenvalue weighted by Crippen LogP contribution is -2.44. The van der Waals surface area contributed by atoms with Crippen molar-refractivity contribution < 1.29 is 14.7 Å². The van der Waals surface area contributed by atoms with Crippen LogP contribution in [-0.4, -0.2) is 38.3 Å². The van der Waals surface area contributed by atoms with Gasteiger partial charge >= 0.3 is 5.97 Å². The molecule has 24 heavy (non-hydrogen) atoms. The minimum atomic E-state index is -0.838. The summed E-state index contributed by atoms with van der Waals surface area (Å²) >= 11 is 0. The number of fused-ring (bicyclic) bond motifs is 1. The van der Waals surface area contributed by atoms with Gasteiger partial charge in [-0.15, -0.1) is 0 Å². The van der Waals surface area contributed by atoms with Crippen LogP contribution in [0.2, 0.25) is 0 Å². The van der Waals surface area contributed by atoms with Gasteiger partial charge in [0.1, 0.15) is 0 Å².